The minimum absolute atomic E-state index is 0.112. The first-order chi connectivity index (χ1) is 15.6. The maximum Gasteiger partial charge on any atom is 0.226 e. The zero-order valence-corrected chi connectivity index (χ0v) is 20.2. The Morgan fingerprint density at radius 3 is 2.55 bits per heavy atom. The number of carbonyl (C=O) groups is 1. The van der Waals surface area contributed by atoms with Gasteiger partial charge in [0.25, 0.3) is 0 Å². The van der Waals surface area contributed by atoms with Gasteiger partial charge in [0, 0.05) is 23.7 Å². The number of nitrogens with zero attached hydrogens (tertiary/aromatic N) is 5. The van der Waals surface area contributed by atoms with Gasteiger partial charge < -0.3 is 5.32 Å². The van der Waals surface area contributed by atoms with Crippen molar-refractivity contribution in [2.75, 3.05) is 0 Å². The number of hydrogen-bond donors (Lipinski definition) is 1. The van der Waals surface area contributed by atoms with E-state index in [2.05, 4.69) is 36.3 Å². The van der Waals surface area contributed by atoms with Crippen molar-refractivity contribution in [3.63, 3.8) is 0 Å². The van der Waals surface area contributed by atoms with Crippen molar-refractivity contribution in [1.29, 1.82) is 0 Å². The number of halogens is 1. The highest BCUT2D eigenvalue weighted by molar-refractivity contribution is 7.13. The van der Waals surface area contributed by atoms with E-state index in [0.29, 0.717) is 12.2 Å². The Hall–Kier alpha value is -3.33. The molecule has 33 heavy (non-hydrogen) atoms. The van der Waals surface area contributed by atoms with Crippen molar-refractivity contribution in [1.82, 2.24) is 29.9 Å². The normalized spacial score (nSPS) is 11.7. The third-order valence-electron chi connectivity index (χ3n) is 5.28. The lowest BCUT2D eigenvalue weighted by Gasteiger charge is -2.23. The molecule has 172 valence electrons. The highest BCUT2D eigenvalue weighted by Gasteiger charge is 2.24. The molecular weight excluding hydrogens is 439 g/mol. The molecule has 0 unspecified atom stereocenters. The van der Waals surface area contributed by atoms with Crippen LogP contribution in [-0.4, -0.2) is 30.5 Å². The summed E-state index contributed by atoms with van der Waals surface area (Å²) in [5.74, 6) is -0.398. The number of aryl methyl sites for hydroxylation is 2. The second-order valence-corrected chi connectivity index (χ2v) is 9.85. The molecule has 0 bridgehead atoms. The second kappa shape index (κ2) is 8.90. The number of nitrogens with one attached hydrogen (secondary N) is 1. The summed E-state index contributed by atoms with van der Waals surface area (Å²) in [6, 6.07) is 8.34. The van der Waals surface area contributed by atoms with Crippen LogP contribution in [0.3, 0.4) is 0 Å². The zero-order chi connectivity index (χ0) is 23.8. The van der Waals surface area contributed by atoms with Gasteiger partial charge in [0.05, 0.1) is 47.3 Å². The number of rotatable bonds is 6. The first-order valence-corrected chi connectivity index (χ1v) is 11.5. The van der Waals surface area contributed by atoms with Gasteiger partial charge in [-0.1, -0.05) is 0 Å². The van der Waals surface area contributed by atoms with Gasteiger partial charge in [0.15, 0.2) is 0 Å². The van der Waals surface area contributed by atoms with E-state index >= 15 is 0 Å². The molecular formula is C24H27FN6OS. The van der Waals surface area contributed by atoms with E-state index in [1.165, 1.54) is 23.5 Å². The molecule has 9 heteroatoms. The predicted octanol–water partition coefficient (Wildman–Crippen LogP) is 4.47. The van der Waals surface area contributed by atoms with Crippen LogP contribution in [0.15, 0.2) is 41.9 Å². The van der Waals surface area contributed by atoms with E-state index in [1.807, 2.05) is 30.1 Å². The molecule has 1 N–H and O–H groups in total. The molecule has 7 nitrogen and oxygen atoms in total. The van der Waals surface area contributed by atoms with E-state index in [4.69, 9.17) is 4.98 Å². The van der Waals surface area contributed by atoms with Crippen LogP contribution < -0.4 is 5.32 Å². The lowest BCUT2D eigenvalue weighted by Crippen LogP contribution is -2.25. The molecule has 1 amide bonds. The van der Waals surface area contributed by atoms with Crippen molar-refractivity contribution in [2.45, 2.75) is 46.2 Å². The standard InChI is InChI=1S/C24H27FN6OS/c1-15-10-18(29-30(15)5)12-26-21(32)11-19-14-33-23(28-19)20-13-27-31(24(2,3)4)22(20)16-6-8-17(25)9-7-16/h6-10,13-14H,11-12H2,1-5H3,(H,26,32). The third kappa shape index (κ3) is 5.03. The summed E-state index contributed by atoms with van der Waals surface area (Å²) in [6.07, 6.45) is 1.97. The Labute approximate surface area is 196 Å². The second-order valence-electron chi connectivity index (χ2n) is 8.99. The summed E-state index contributed by atoms with van der Waals surface area (Å²) < 4.78 is 17.2. The van der Waals surface area contributed by atoms with E-state index in [-0.39, 0.29) is 23.7 Å². The van der Waals surface area contributed by atoms with Crippen LogP contribution in [0.1, 0.15) is 37.9 Å². The lowest BCUT2D eigenvalue weighted by atomic mass is 10.0. The van der Waals surface area contributed by atoms with Gasteiger partial charge in [-0.2, -0.15) is 10.2 Å². The maximum atomic E-state index is 13.5. The van der Waals surface area contributed by atoms with Crippen LogP contribution >= 0.6 is 11.3 Å². The quantitative estimate of drug-likeness (QED) is 0.455. The summed E-state index contributed by atoms with van der Waals surface area (Å²) in [4.78, 5) is 17.1. The number of carbonyl (C=O) groups excluding carboxylic acids is 1. The van der Waals surface area contributed by atoms with E-state index in [0.717, 1.165) is 33.2 Å². The molecule has 0 radical (unpaired) electrons. The van der Waals surface area contributed by atoms with Crippen LogP contribution in [0.5, 0.6) is 0 Å². The van der Waals surface area contributed by atoms with Crippen LogP contribution in [0, 0.1) is 12.7 Å². The fourth-order valence-corrected chi connectivity index (χ4v) is 4.38. The molecule has 3 heterocycles. The van der Waals surface area contributed by atoms with Crippen molar-refractivity contribution >= 4 is 17.2 Å². The molecule has 0 fully saturated rings. The molecule has 1 aromatic carbocycles. The van der Waals surface area contributed by atoms with Crippen molar-refractivity contribution < 1.29 is 9.18 Å². The summed E-state index contributed by atoms with van der Waals surface area (Å²) in [6.45, 7) is 8.55. The Bertz CT molecular complexity index is 1260. The highest BCUT2D eigenvalue weighted by Crippen LogP contribution is 2.36. The zero-order valence-electron chi connectivity index (χ0n) is 19.4. The lowest BCUT2D eigenvalue weighted by molar-refractivity contribution is -0.120. The van der Waals surface area contributed by atoms with E-state index in [1.54, 1.807) is 23.0 Å². The van der Waals surface area contributed by atoms with Gasteiger partial charge in [0.2, 0.25) is 5.91 Å². The molecule has 0 aliphatic rings. The summed E-state index contributed by atoms with van der Waals surface area (Å²) in [5.41, 5.74) is 4.87. The first-order valence-electron chi connectivity index (χ1n) is 10.7. The molecule has 3 aromatic heterocycles. The van der Waals surface area contributed by atoms with Crippen molar-refractivity contribution in [3.8, 4) is 21.8 Å². The van der Waals surface area contributed by atoms with Crippen molar-refractivity contribution in [3.05, 3.63) is 64.8 Å². The molecule has 0 aliphatic heterocycles. The predicted molar refractivity (Wildman–Crippen MR) is 127 cm³/mol. The summed E-state index contributed by atoms with van der Waals surface area (Å²) in [7, 11) is 1.87. The number of thiazole rings is 1. The maximum absolute atomic E-state index is 13.5. The first kappa shape index (κ1) is 22.8. The SMILES string of the molecule is Cc1cc(CNC(=O)Cc2csc(-c3cnn(C(C)(C)C)c3-c3ccc(F)cc3)n2)nn1C. The Morgan fingerprint density at radius 1 is 1.18 bits per heavy atom. The molecule has 0 saturated heterocycles. The van der Waals surface area contributed by atoms with Crippen molar-refractivity contribution in [2.24, 2.45) is 7.05 Å². The van der Waals surface area contributed by atoms with Gasteiger partial charge in [-0.05, 0) is 58.0 Å². The molecule has 4 rings (SSSR count). The van der Waals surface area contributed by atoms with E-state index < -0.39 is 0 Å². The van der Waals surface area contributed by atoms with Gasteiger partial charge in [-0.15, -0.1) is 11.3 Å². The molecule has 0 aliphatic carbocycles. The van der Waals surface area contributed by atoms with E-state index in [9.17, 15) is 9.18 Å². The molecule has 0 saturated carbocycles. The average molecular weight is 467 g/mol. The number of hydrogen-bond acceptors (Lipinski definition) is 5. The number of benzene rings is 1. The van der Waals surface area contributed by atoms with Gasteiger partial charge in [0.1, 0.15) is 10.8 Å². The van der Waals surface area contributed by atoms with Crippen LogP contribution in [0.25, 0.3) is 21.8 Å². The van der Waals surface area contributed by atoms with Crippen LogP contribution in [0.2, 0.25) is 0 Å². The third-order valence-corrected chi connectivity index (χ3v) is 6.20. The monoisotopic (exact) mass is 466 g/mol. The van der Waals surface area contributed by atoms with Gasteiger partial charge in [-0.25, -0.2) is 9.37 Å². The minimum atomic E-state index is -0.287. The Morgan fingerprint density at radius 2 is 1.91 bits per heavy atom. The molecule has 0 spiro atoms. The largest absolute Gasteiger partial charge is 0.350 e. The average Bonchev–Trinajstić information content (AvgIpc) is 3.46. The topological polar surface area (TPSA) is 77.6 Å². The van der Waals surface area contributed by atoms with Crippen LogP contribution in [-0.2, 0) is 30.3 Å². The molecule has 0 atom stereocenters. The fourth-order valence-electron chi connectivity index (χ4n) is 3.55. The highest BCUT2D eigenvalue weighted by atomic mass is 32.1. The van der Waals surface area contributed by atoms with Crippen LogP contribution in [0.4, 0.5) is 4.39 Å². The summed E-state index contributed by atoms with van der Waals surface area (Å²) in [5, 5.41) is 14.5. The Balaban J connectivity index is 1.55. The van der Waals surface area contributed by atoms with Gasteiger partial charge in [-0.3, -0.25) is 14.2 Å². The van der Waals surface area contributed by atoms with Gasteiger partial charge >= 0.3 is 0 Å². The number of aromatic nitrogens is 5. The molecule has 4 aromatic rings. The Kier molecular flexibility index (Phi) is 6.16. The fraction of sp³-hybridized carbons (Fsp3) is 0.333. The minimum Gasteiger partial charge on any atom is -0.350 e. The summed E-state index contributed by atoms with van der Waals surface area (Å²) >= 11 is 1.47. The number of amides is 1. The smallest absolute Gasteiger partial charge is 0.226 e.